The van der Waals surface area contributed by atoms with Gasteiger partial charge in [-0.15, -0.1) is 0 Å². The number of aliphatic hydroxyl groups is 1. The lowest BCUT2D eigenvalue weighted by Gasteiger charge is -2.30. The fourth-order valence-electron chi connectivity index (χ4n) is 3.42. The standard InChI is InChI=1S/C24H32O7/c1-24(2)30-16-22(31-24)23(29-15-18-7-11-20(27-4)12-8-18)21(13-25)28-14-17-5-9-19(26-3)10-6-17/h5-12,21-23,25H,13-16H2,1-4H3/t21-,22-,23+/m1/s1. The molecule has 31 heavy (non-hydrogen) atoms. The summed E-state index contributed by atoms with van der Waals surface area (Å²) < 4.78 is 34.4. The fraction of sp³-hybridized carbons (Fsp3) is 0.500. The van der Waals surface area contributed by atoms with Crippen LogP contribution >= 0.6 is 0 Å². The first-order valence-electron chi connectivity index (χ1n) is 10.4. The monoisotopic (exact) mass is 432 g/mol. The molecule has 3 rings (SSSR count). The minimum Gasteiger partial charge on any atom is -0.497 e. The summed E-state index contributed by atoms with van der Waals surface area (Å²) in [5.41, 5.74) is 1.95. The van der Waals surface area contributed by atoms with Gasteiger partial charge in [-0.3, -0.25) is 0 Å². The highest BCUT2D eigenvalue weighted by Gasteiger charge is 2.41. The SMILES string of the molecule is COc1ccc(CO[C@@H]([C@@H](CO)OCc2ccc(OC)cc2)[C@H]2COC(C)(C)O2)cc1. The van der Waals surface area contributed by atoms with E-state index in [1.807, 2.05) is 62.4 Å². The van der Waals surface area contributed by atoms with E-state index in [2.05, 4.69) is 0 Å². The first-order chi connectivity index (χ1) is 14.9. The van der Waals surface area contributed by atoms with E-state index in [0.717, 1.165) is 22.6 Å². The van der Waals surface area contributed by atoms with Crippen molar-refractivity contribution in [3.63, 3.8) is 0 Å². The van der Waals surface area contributed by atoms with Crippen LogP contribution in [0.1, 0.15) is 25.0 Å². The van der Waals surface area contributed by atoms with Crippen molar-refractivity contribution < 1.29 is 33.5 Å². The molecule has 0 unspecified atom stereocenters. The van der Waals surface area contributed by atoms with Gasteiger partial charge in [0.2, 0.25) is 0 Å². The first kappa shape index (κ1) is 23.5. The van der Waals surface area contributed by atoms with Crippen LogP contribution in [0.2, 0.25) is 0 Å². The van der Waals surface area contributed by atoms with E-state index < -0.39 is 18.0 Å². The zero-order chi connectivity index (χ0) is 22.3. The quantitative estimate of drug-likeness (QED) is 0.584. The Kier molecular flexibility index (Phi) is 8.28. The highest BCUT2D eigenvalue weighted by atomic mass is 16.8. The molecular weight excluding hydrogens is 400 g/mol. The summed E-state index contributed by atoms with van der Waals surface area (Å²) in [6, 6.07) is 15.3. The van der Waals surface area contributed by atoms with Crippen molar-refractivity contribution in [1.82, 2.24) is 0 Å². The molecule has 2 aromatic carbocycles. The fourth-order valence-corrected chi connectivity index (χ4v) is 3.42. The number of rotatable bonds is 11. The molecule has 1 heterocycles. The van der Waals surface area contributed by atoms with Crippen LogP contribution < -0.4 is 9.47 Å². The molecule has 1 fully saturated rings. The van der Waals surface area contributed by atoms with Gasteiger partial charge in [-0.05, 0) is 49.2 Å². The number of benzene rings is 2. The molecule has 0 amide bonds. The van der Waals surface area contributed by atoms with E-state index in [0.29, 0.717) is 19.8 Å². The van der Waals surface area contributed by atoms with Crippen LogP contribution in [0, 0.1) is 0 Å². The summed E-state index contributed by atoms with van der Waals surface area (Å²) in [7, 11) is 3.26. The average molecular weight is 433 g/mol. The van der Waals surface area contributed by atoms with Crippen molar-refractivity contribution in [2.75, 3.05) is 27.4 Å². The second kappa shape index (κ2) is 10.9. The molecular formula is C24H32O7. The highest BCUT2D eigenvalue weighted by Crippen LogP contribution is 2.28. The van der Waals surface area contributed by atoms with Crippen LogP contribution in [0.4, 0.5) is 0 Å². The zero-order valence-electron chi connectivity index (χ0n) is 18.6. The lowest BCUT2D eigenvalue weighted by molar-refractivity contribution is -0.184. The second-order valence-corrected chi connectivity index (χ2v) is 7.87. The molecule has 0 saturated carbocycles. The second-order valence-electron chi connectivity index (χ2n) is 7.87. The molecule has 7 heteroatoms. The lowest BCUT2D eigenvalue weighted by Crippen LogP contribution is -2.45. The average Bonchev–Trinajstić information content (AvgIpc) is 3.16. The summed E-state index contributed by atoms with van der Waals surface area (Å²) in [6.45, 7) is 4.55. The summed E-state index contributed by atoms with van der Waals surface area (Å²) in [6.07, 6.45) is -1.45. The molecule has 0 aromatic heterocycles. The Hall–Kier alpha value is -2.16. The Labute approximate surface area is 183 Å². The van der Waals surface area contributed by atoms with Crippen LogP contribution in [0.25, 0.3) is 0 Å². The third-order valence-corrected chi connectivity index (χ3v) is 5.17. The minimum atomic E-state index is -0.706. The Balaban J connectivity index is 1.67. The maximum atomic E-state index is 10.1. The summed E-state index contributed by atoms with van der Waals surface area (Å²) in [5, 5.41) is 10.1. The van der Waals surface area contributed by atoms with Crippen LogP contribution in [0.5, 0.6) is 11.5 Å². The largest absolute Gasteiger partial charge is 0.497 e. The molecule has 7 nitrogen and oxygen atoms in total. The van der Waals surface area contributed by atoms with E-state index in [9.17, 15) is 5.11 Å². The smallest absolute Gasteiger partial charge is 0.163 e. The summed E-state index contributed by atoms with van der Waals surface area (Å²) in [5.74, 6) is 0.857. The Morgan fingerprint density at radius 1 is 0.903 bits per heavy atom. The third kappa shape index (κ3) is 6.66. The minimum absolute atomic E-state index is 0.205. The molecule has 1 aliphatic rings. The Morgan fingerprint density at radius 3 is 1.84 bits per heavy atom. The maximum Gasteiger partial charge on any atom is 0.163 e. The highest BCUT2D eigenvalue weighted by molar-refractivity contribution is 5.27. The van der Waals surface area contributed by atoms with Crippen molar-refractivity contribution in [2.45, 2.75) is 51.2 Å². The zero-order valence-corrected chi connectivity index (χ0v) is 18.6. The molecule has 0 aliphatic carbocycles. The van der Waals surface area contributed by atoms with Crippen LogP contribution in [0.15, 0.2) is 48.5 Å². The molecule has 0 spiro atoms. The molecule has 3 atom stereocenters. The molecule has 0 bridgehead atoms. The summed E-state index contributed by atoms with van der Waals surface area (Å²) in [4.78, 5) is 0. The number of ether oxygens (including phenoxy) is 6. The van der Waals surface area contributed by atoms with Crippen molar-refractivity contribution in [2.24, 2.45) is 0 Å². The number of hydrogen-bond acceptors (Lipinski definition) is 7. The third-order valence-electron chi connectivity index (χ3n) is 5.17. The van der Waals surface area contributed by atoms with Crippen molar-refractivity contribution in [1.29, 1.82) is 0 Å². The van der Waals surface area contributed by atoms with Crippen molar-refractivity contribution in [3.05, 3.63) is 59.7 Å². The number of methoxy groups -OCH3 is 2. The maximum absolute atomic E-state index is 10.1. The Bertz CT molecular complexity index is 789. The van der Waals surface area contributed by atoms with Gasteiger partial charge in [0.05, 0.1) is 40.6 Å². The predicted molar refractivity (Wildman–Crippen MR) is 115 cm³/mol. The molecule has 0 radical (unpaired) electrons. The molecule has 170 valence electrons. The van der Waals surface area contributed by atoms with E-state index in [-0.39, 0.29) is 12.7 Å². The lowest BCUT2D eigenvalue weighted by atomic mass is 10.1. The van der Waals surface area contributed by atoms with E-state index in [1.165, 1.54) is 0 Å². The van der Waals surface area contributed by atoms with Gasteiger partial charge in [0.25, 0.3) is 0 Å². The van der Waals surface area contributed by atoms with E-state index in [4.69, 9.17) is 28.4 Å². The van der Waals surface area contributed by atoms with Gasteiger partial charge in [-0.2, -0.15) is 0 Å². The van der Waals surface area contributed by atoms with Gasteiger partial charge in [0.15, 0.2) is 5.79 Å². The van der Waals surface area contributed by atoms with Crippen molar-refractivity contribution >= 4 is 0 Å². The predicted octanol–water partition coefficient (Wildman–Crippen LogP) is 3.32. The van der Waals surface area contributed by atoms with Gasteiger partial charge in [-0.25, -0.2) is 0 Å². The van der Waals surface area contributed by atoms with Crippen LogP contribution in [0.3, 0.4) is 0 Å². The molecule has 1 saturated heterocycles. The van der Waals surface area contributed by atoms with Crippen LogP contribution in [-0.4, -0.2) is 56.6 Å². The van der Waals surface area contributed by atoms with Crippen molar-refractivity contribution in [3.8, 4) is 11.5 Å². The van der Waals surface area contributed by atoms with Gasteiger partial charge in [0, 0.05) is 0 Å². The molecule has 1 aliphatic heterocycles. The van der Waals surface area contributed by atoms with E-state index >= 15 is 0 Å². The first-order valence-corrected chi connectivity index (χ1v) is 10.4. The molecule has 1 N–H and O–H groups in total. The Morgan fingerprint density at radius 2 is 1.42 bits per heavy atom. The van der Waals surface area contributed by atoms with Gasteiger partial charge in [0.1, 0.15) is 29.8 Å². The van der Waals surface area contributed by atoms with Crippen LogP contribution in [-0.2, 0) is 32.2 Å². The normalized spacial score (nSPS) is 19.7. The number of hydrogen-bond donors (Lipinski definition) is 1. The van der Waals surface area contributed by atoms with E-state index in [1.54, 1.807) is 14.2 Å². The number of aliphatic hydroxyl groups excluding tert-OH is 1. The summed E-state index contributed by atoms with van der Waals surface area (Å²) >= 11 is 0. The van der Waals surface area contributed by atoms with Gasteiger partial charge < -0.3 is 33.5 Å². The van der Waals surface area contributed by atoms with Gasteiger partial charge >= 0.3 is 0 Å². The van der Waals surface area contributed by atoms with Gasteiger partial charge in [-0.1, -0.05) is 24.3 Å². The molecule has 2 aromatic rings. The topological polar surface area (TPSA) is 75.6 Å².